The summed E-state index contributed by atoms with van der Waals surface area (Å²) in [6.45, 7) is 3.81. The molecule has 0 spiro atoms. The van der Waals surface area contributed by atoms with E-state index in [4.69, 9.17) is 15.2 Å². The Kier molecular flexibility index (Phi) is 7.12. The Morgan fingerprint density at radius 2 is 1.91 bits per heavy atom. The van der Waals surface area contributed by atoms with Gasteiger partial charge >= 0.3 is 0 Å². The minimum atomic E-state index is -0.678. The molecule has 126 valence electrons. The highest BCUT2D eigenvalue weighted by atomic mass is 16.5. The number of hydrogen-bond donors (Lipinski definition) is 2. The molecule has 6 nitrogen and oxygen atoms in total. The summed E-state index contributed by atoms with van der Waals surface area (Å²) in [5.41, 5.74) is 6.11. The Balaban J connectivity index is 2.80. The van der Waals surface area contributed by atoms with Crippen molar-refractivity contribution in [2.24, 2.45) is 11.7 Å². The zero-order chi connectivity index (χ0) is 17.4. The van der Waals surface area contributed by atoms with E-state index in [9.17, 15) is 9.59 Å². The van der Waals surface area contributed by atoms with Gasteiger partial charge in [-0.1, -0.05) is 26.3 Å². The lowest BCUT2D eigenvalue weighted by atomic mass is 9.98. The fraction of sp³-hybridized carbons (Fsp3) is 0.412. The molecular weight excluding hydrogens is 296 g/mol. The van der Waals surface area contributed by atoms with E-state index in [1.54, 1.807) is 38.5 Å². The third-order valence-corrected chi connectivity index (χ3v) is 3.65. The average molecular weight is 320 g/mol. The monoisotopic (exact) mass is 320 g/mol. The molecule has 0 fully saturated rings. The summed E-state index contributed by atoms with van der Waals surface area (Å²) in [5, 5.41) is 2.63. The van der Waals surface area contributed by atoms with Gasteiger partial charge in [-0.2, -0.15) is 0 Å². The molecular formula is C17H24N2O4. The Bertz CT molecular complexity index is 584. The molecule has 2 amide bonds. The molecule has 3 N–H and O–H groups in total. The van der Waals surface area contributed by atoms with E-state index in [1.807, 2.05) is 13.8 Å². The van der Waals surface area contributed by atoms with Crippen LogP contribution in [0.15, 0.2) is 24.3 Å². The van der Waals surface area contributed by atoms with Gasteiger partial charge in [0, 0.05) is 6.08 Å². The minimum absolute atomic E-state index is 0.0223. The van der Waals surface area contributed by atoms with Crippen LogP contribution in [0.3, 0.4) is 0 Å². The van der Waals surface area contributed by atoms with Gasteiger partial charge < -0.3 is 20.5 Å². The highest BCUT2D eigenvalue weighted by Crippen LogP contribution is 2.27. The number of amides is 2. The number of rotatable bonds is 8. The first kappa shape index (κ1) is 18.5. The standard InChI is InChI=1S/C17H24N2O4/c1-5-11(2)16(17(18)21)19-15(20)9-7-12-6-8-13(22-3)14(10-12)23-4/h6-11,16H,5H2,1-4H3,(H2,18,21)(H,19,20). The number of carbonyl (C=O) groups excluding carboxylic acids is 2. The predicted octanol–water partition coefficient (Wildman–Crippen LogP) is 1.73. The van der Waals surface area contributed by atoms with Crippen LogP contribution in [0.2, 0.25) is 0 Å². The lowest BCUT2D eigenvalue weighted by Gasteiger charge is -2.20. The van der Waals surface area contributed by atoms with Crippen LogP contribution in [-0.2, 0) is 9.59 Å². The molecule has 1 aromatic rings. The van der Waals surface area contributed by atoms with Crippen molar-refractivity contribution in [3.05, 3.63) is 29.8 Å². The molecule has 0 aliphatic heterocycles. The summed E-state index contributed by atoms with van der Waals surface area (Å²) >= 11 is 0. The number of benzene rings is 1. The van der Waals surface area contributed by atoms with Crippen molar-refractivity contribution in [2.45, 2.75) is 26.3 Å². The second-order valence-corrected chi connectivity index (χ2v) is 5.22. The van der Waals surface area contributed by atoms with Gasteiger partial charge in [-0.3, -0.25) is 9.59 Å². The first-order valence-corrected chi connectivity index (χ1v) is 7.42. The maximum atomic E-state index is 12.0. The number of hydrogen-bond acceptors (Lipinski definition) is 4. The molecule has 1 rings (SSSR count). The number of methoxy groups -OCH3 is 2. The van der Waals surface area contributed by atoms with Gasteiger partial charge in [0.2, 0.25) is 11.8 Å². The first-order chi connectivity index (χ1) is 10.9. The SMILES string of the molecule is CCC(C)C(NC(=O)C=Cc1ccc(OC)c(OC)c1)C(N)=O. The van der Waals surface area contributed by atoms with Crippen molar-refractivity contribution >= 4 is 17.9 Å². The zero-order valence-corrected chi connectivity index (χ0v) is 14.0. The normalized spacial score (nSPS) is 13.4. The number of nitrogens with two attached hydrogens (primary N) is 1. The lowest BCUT2D eigenvalue weighted by Crippen LogP contribution is -2.47. The first-order valence-electron chi connectivity index (χ1n) is 7.42. The summed E-state index contributed by atoms with van der Waals surface area (Å²) in [6, 6.07) is 4.62. The van der Waals surface area contributed by atoms with Gasteiger partial charge in [0.1, 0.15) is 6.04 Å². The van der Waals surface area contributed by atoms with Crippen molar-refractivity contribution in [3.63, 3.8) is 0 Å². The van der Waals surface area contributed by atoms with Gasteiger partial charge in [-0.25, -0.2) is 0 Å². The molecule has 0 bridgehead atoms. The molecule has 0 saturated carbocycles. The predicted molar refractivity (Wildman–Crippen MR) is 89.2 cm³/mol. The largest absolute Gasteiger partial charge is 0.493 e. The number of carbonyl (C=O) groups is 2. The minimum Gasteiger partial charge on any atom is -0.493 e. The number of ether oxygens (including phenoxy) is 2. The molecule has 1 aromatic carbocycles. The van der Waals surface area contributed by atoms with Crippen molar-refractivity contribution < 1.29 is 19.1 Å². The van der Waals surface area contributed by atoms with Crippen LogP contribution in [0.25, 0.3) is 6.08 Å². The zero-order valence-electron chi connectivity index (χ0n) is 14.0. The van der Waals surface area contributed by atoms with Gasteiger partial charge in [0.05, 0.1) is 14.2 Å². The molecule has 0 heterocycles. The molecule has 0 saturated heterocycles. The van der Waals surface area contributed by atoms with E-state index in [-0.39, 0.29) is 11.8 Å². The fourth-order valence-electron chi connectivity index (χ4n) is 2.06. The molecule has 0 aliphatic rings. The molecule has 2 unspecified atom stereocenters. The second-order valence-electron chi connectivity index (χ2n) is 5.22. The fourth-order valence-corrected chi connectivity index (χ4v) is 2.06. The summed E-state index contributed by atoms with van der Waals surface area (Å²) < 4.78 is 10.4. The van der Waals surface area contributed by atoms with Crippen molar-refractivity contribution in [1.29, 1.82) is 0 Å². The summed E-state index contributed by atoms with van der Waals surface area (Å²) in [7, 11) is 3.10. The van der Waals surface area contributed by atoms with Crippen LogP contribution in [0, 0.1) is 5.92 Å². The van der Waals surface area contributed by atoms with E-state index >= 15 is 0 Å². The Morgan fingerprint density at radius 3 is 2.43 bits per heavy atom. The summed E-state index contributed by atoms with van der Waals surface area (Å²) in [5.74, 6) is 0.256. The maximum Gasteiger partial charge on any atom is 0.244 e. The van der Waals surface area contributed by atoms with E-state index in [0.29, 0.717) is 11.5 Å². The molecule has 0 aromatic heterocycles. The van der Waals surface area contributed by atoms with Crippen LogP contribution in [-0.4, -0.2) is 32.1 Å². The van der Waals surface area contributed by atoms with Gasteiger partial charge in [-0.05, 0) is 29.7 Å². The third-order valence-electron chi connectivity index (χ3n) is 3.65. The highest BCUT2D eigenvalue weighted by molar-refractivity contribution is 5.95. The number of nitrogens with one attached hydrogen (secondary N) is 1. The average Bonchev–Trinajstić information content (AvgIpc) is 2.56. The van der Waals surface area contributed by atoms with Gasteiger partial charge in [0.15, 0.2) is 11.5 Å². The molecule has 23 heavy (non-hydrogen) atoms. The summed E-state index contributed by atoms with van der Waals surface area (Å²) in [6.07, 6.45) is 3.73. The van der Waals surface area contributed by atoms with Crippen LogP contribution in [0.1, 0.15) is 25.8 Å². The van der Waals surface area contributed by atoms with E-state index < -0.39 is 11.9 Å². The van der Waals surface area contributed by atoms with Crippen LogP contribution in [0.5, 0.6) is 11.5 Å². The maximum absolute atomic E-state index is 12.0. The van der Waals surface area contributed by atoms with Crippen molar-refractivity contribution in [2.75, 3.05) is 14.2 Å². The Morgan fingerprint density at radius 1 is 1.26 bits per heavy atom. The number of primary amides is 1. The quantitative estimate of drug-likeness (QED) is 0.714. The van der Waals surface area contributed by atoms with Gasteiger partial charge in [-0.15, -0.1) is 0 Å². The van der Waals surface area contributed by atoms with Crippen LogP contribution >= 0.6 is 0 Å². The highest BCUT2D eigenvalue weighted by Gasteiger charge is 2.22. The summed E-state index contributed by atoms with van der Waals surface area (Å²) in [4.78, 5) is 23.4. The Labute approximate surface area is 136 Å². The molecule has 2 atom stereocenters. The van der Waals surface area contributed by atoms with Crippen LogP contribution in [0.4, 0.5) is 0 Å². The van der Waals surface area contributed by atoms with E-state index in [0.717, 1.165) is 12.0 Å². The second kappa shape index (κ2) is 8.82. The van der Waals surface area contributed by atoms with Crippen LogP contribution < -0.4 is 20.5 Å². The molecule has 0 aliphatic carbocycles. The topological polar surface area (TPSA) is 90.7 Å². The smallest absolute Gasteiger partial charge is 0.244 e. The van der Waals surface area contributed by atoms with Crippen molar-refractivity contribution in [1.82, 2.24) is 5.32 Å². The van der Waals surface area contributed by atoms with E-state index in [1.165, 1.54) is 6.08 Å². The molecule has 6 heteroatoms. The third kappa shape index (κ3) is 5.32. The Hall–Kier alpha value is -2.50. The van der Waals surface area contributed by atoms with E-state index in [2.05, 4.69) is 5.32 Å². The lowest BCUT2D eigenvalue weighted by molar-refractivity contribution is -0.126. The van der Waals surface area contributed by atoms with Gasteiger partial charge in [0.25, 0.3) is 0 Å². The molecule has 0 radical (unpaired) electrons. The van der Waals surface area contributed by atoms with Crippen molar-refractivity contribution in [3.8, 4) is 11.5 Å².